The molecule has 5 nitrogen and oxygen atoms in total. The number of imidazole rings is 1. The number of carbonyl (C=O) groups is 1. The van der Waals surface area contributed by atoms with Crippen molar-refractivity contribution < 1.29 is 4.79 Å². The van der Waals surface area contributed by atoms with Gasteiger partial charge >= 0.3 is 0 Å². The molecule has 0 aliphatic heterocycles. The van der Waals surface area contributed by atoms with E-state index in [9.17, 15) is 4.79 Å². The van der Waals surface area contributed by atoms with Gasteiger partial charge in [-0.2, -0.15) is 0 Å². The van der Waals surface area contributed by atoms with Gasteiger partial charge in [0.1, 0.15) is 5.82 Å². The van der Waals surface area contributed by atoms with Gasteiger partial charge < -0.3 is 15.6 Å². The van der Waals surface area contributed by atoms with E-state index < -0.39 is 0 Å². The van der Waals surface area contributed by atoms with Crippen molar-refractivity contribution >= 4 is 30.7 Å². The lowest BCUT2D eigenvalue weighted by Crippen LogP contribution is -2.31. The maximum atomic E-state index is 11.5. The highest BCUT2D eigenvalue weighted by Gasteiger charge is 2.08. The van der Waals surface area contributed by atoms with Gasteiger partial charge in [-0.25, -0.2) is 4.98 Å². The normalized spacial score (nSPS) is 12.8. The van der Waals surface area contributed by atoms with Gasteiger partial charge in [0, 0.05) is 37.9 Å². The first kappa shape index (κ1) is 21.5. The van der Waals surface area contributed by atoms with Crippen LogP contribution in [0.5, 0.6) is 0 Å². The number of aromatic nitrogens is 2. The van der Waals surface area contributed by atoms with E-state index in [4.69, 9.17) is 5.73 Å². The maximum Gasteiger partial charge on any atom is 0.220 e. The van der Waals surface area contributed by atoms with Gasteiger partial charge in [0.2, 0.25) is 5.91 Å². The van der Waals surface area contributed by atoms with Crippen molar-refractivity contribution in [1.29, 1.82) is 0 Å². The third-order valence-electron chi connectivity index (χ3n) is 2.91. The molecule has 2 unspecified atom stereocenters. The van der Waals surface area contributed by atoms with Crippen LogP contribution in [0.2, 0.25) is 0 Å². The third kappa shape index (κ3) is 8.40. The Morgan fingerprint density at radius 1 is 1.45 bits per heavy atom. The predicted octanol–water partition coefficient (Wildman–Crippen LogP) is 1.91. The highest BCUT2D eigenvalue weighted by molar-refractivity contribution is 5.85. The second-order valence-electron chi connectivity index (χ2n) is 5.05. The number of aryl methyl sites for hydroxylation is 1. The van der Waals surface area contributed by atoms with Crippen LogP contribution >= 0.6 is 24.8 Å². The zero-order valence-electron chi connectivity index (χ0n) is 12.3. The lowest BCUT2D eigenvalue weighted by molar-refractivity contribution is -0.121. The number of rotatable bonds is 7. The summed E-state index contributed by atoms with van der Waals surface area (Å²) in [5, 5.41) is 2.94. The standard InChI is InChI=1S/C13H24N4O.2ClH/c1-10(9-17-7-6-15-12(17)3)8-16-13(18)5-4-11(2)14;;/h6-7,10-11H,4-5,8-9,14H2,1-3H3,(H,16,18);2*1H. The summed E-state index contributed by atoms with van der Waals surface area (Å²) >= 11 is 0. The van der Waals surface area contributed by atoms with Crippen molar-refractivity contribution in [3.8, 4) is 0 Å². The predicted molar refractivity (Wildman–Crippen MR) is 86.5 cm³/mol. The van der Waals surface area contributed by atoms with Crippen molar-refractivity contribution in [3.05, 3.63) is 18.2 Å². The van der Waals surface area contributed by atoms with Gasteiger partial charge in [-0.1, -0.05) is 6.92 Å². The first-order valence-corrected chi connectivity index (χ1v) is 6.49. The maximum absolute atomic E-state index is 11.5. The van der Waals surface area contributed by atoms with Crippen molar-refractivity contribution in [2.75, 3.05) is 6.54 Å². The van der Waals surface area contributed by atoms with E-state index in [2.05, 4.69) is 21.8 Å². The molecule has 0 aliphatic rings. The van der Waals surface area contributed by atoms with E-state index in [1.165, 1.54) is 0 Å². The molecule has 0 fully saturated rings. The summed E-state index contributed by atoms with van der Waals surface area (Å²) in [5.41, 5.74) is 5.61. The fourth-order valence-corrected chi connectivity index (χ4v) is 1.73. The summed E-state index contributed by atoms with van der Waals surface area (Å²) in [5.74, 6) is 1.48. The van der Waals surface area contributed by atoms with Crippen LogP contribution in [-0.4, -0.2) is 28.0 Å². The highest BCUT2D eigenvalue weighted by Crippen LogP contribution is 2.03. The van der Waals surface area contributed by atoms with E-state index in [0.717, 1.165) is 18.8 Å². The Hall–Kier alpha value is -0.780. The number of nitrogens with zero attached hydrogens (tertiary/aromatic N) is 2. The first-order valence-electron chi connectivity index (χ1n) is 6.49. The van der Waals surface area contributed by atoms with E-state index in [1.54, 1.807) is 6.20 Å². The van der Waals surface area contributed by atoms with Crippen molar-refractivity contribution in [2.24, 2.45) is 11.7 Å². The topological polar surface area (TPSA) is 72.9 Å². The molecule has 0 spiro atoms. The molecule has 3 N–H and O–H groups in total. The van der Waals surface area contributed by atoms with Crippen LogP contribution in [0.25, 0.3) is 0 Å². The minimum absolute atomic E-state index is 0. The molecule has 0 saturated carbocycles. The number of halogens is 2. The first-order chi connectivity index (χ1) is 8.49. The van der Waals surface area contributed by atoms with Crippen LogP contribution < -0.4 is 11.1 Å². The average Bonchev–Trinajstić information content (AvgIpc) is 2.69. The van der Waals surface area contributed by atoms with Gasteiger partial charge in [0.05, 0.1) is 0 Å². The smallest absolute Gasteiger partial charge is 0.220 e. The summed E-state index contributed by atoms with van der Waals surface area (Å²) in [6.07, 6.45) is 5.00. The number of nitrogens with one attached hydrogen (secondary N) is 1. The molecular weight excluding hydrogens is 299 g/mol. The molecule has 1 heterocycles. The second kappa shape index (κ2) is 10.9. The number of hydrogen-bond donors (Lipinski definition) is 2. The van der Waals surface area contributed by atoms with Gasteiger partial charge in [0.15, 0.2) is 0 Å². The van der Waals surface area contributed by atoms with Crippen LogP contribution in [-0.2, 0) is 11.3 Å². The van der Waals surface area contributed by atoms with Crippen LogP contribution in [0.4, 0.5) is 0 Å². The molecule has 0 aromatic carbocycles. The van der Waals surface area contributed by atoms with Crippen molar-refractivity contribution in [2.45, 2.75) is 46.2 Å². The molecular formula is C13H26Cl2N4O. The third-order valence-corrected chi connectivity index (χ3v) is 2.91. The van der Waals surface area contributed by atoms with Crippen LogP contribution in [0.15, 0.2) is 12.4 Å². The molecule has 1 aromatic heterocycles. The molecule has 1 aromatic rings. The lowest BCUT2D eigenvalue weighted by Gasteiger charge is -2.14. The van der Waals surface area contributed by atoms with E-state index in [0.29, 0.717) is 18.9 Å². The lowest BCUT2D eigenvalue weighted by atomic mass is 10.1. The number of hydrogen-bond acceptors (Lipinski definition) is 3. The summed E-state index contributed by atoms with van der Waals surface area (Å²) in [7, 11) is 0. The Kier molecular flexibility index (Phi) is 11.8. The van der Waals surface area contributed by atoms with Crippen LogP contribution in [0.1, 0.15) is 32.5 Å². The fraction of sp³-hybridized carbons (Fsp3) is 0.692. The van der Waals surface area contributed by atoms with Crippen molar-refractivity contribution in [3.63, 3.8) is 0 Å². The van der Waals surface area contributed by atoms with E-state index >= 15 is 0 Å². The molecule has 0 aliphatic carbocycles. The van der Waals surface area contributed by atoms with Crippen molar-refractivity contribution in [1.82, 2.24) is 14.9 Å². The van der Waals surface area contributed by atoms with E-state index in [-0.39, 0.29) is 36.8 Å². The SMILES string of the molecule is Cc1nccn1CC(C)CNC(=O)CCC(C)N.Cl.Cl. The molecule has 0 bridgehead atoms. The molecule has 1 amide bonds. The van der Waals surface area contributed by atoms with Gasteiger partial charge in [-0.3, -0.25) is 4.79 Å². The molecule has 7 heteroatoms. The number of carbonyl (C=O) groups excluding carboxylic acids is 1. The molecule has 20 heavy (non-hydrogen) atoms. The minimum atomic E-state index is 0. The molecule has 1 rings (SSSR count). The largest absolute Gasteiger partial charge is 0.356 e. The monoisotopic (exact) mass is 324 g/mol. The van der Waals surface area contributed by atoms with Crippen LogP contribution in [0, 0.1) is 12.8 Å². The van der Waals surface area contributed by atoms with Crippen LogP contribution in [0.3, 0.4) is 0 Å². The summed E-state index contributed by atoms with van der Waals surface area (Å²) < 4.78 is 2.10. The van der Waals surface area contributed by atoms with Gasteiger partial charge in [0.25, 0.3) is 0 Å². The molecule has 2 atom stereocenters. The number of amides is 1. The summed E-state index contributed by atoms with van der Waals surface area (Å²) in [6, 6.07) is 0.0850. The molecule has 0 radical (unpaired) electrons. The summed E-state index contributed by atoms with van der Waals surface area (Å²) in [6.45, 7) is 7.58. The minimum Gasteiger partial charge on any atom is -0.356 e. The Bertz CT molecular complexity index is 382. The average molecular weight is 325 g/mol. The van der Waals surface area contributed by atoms with Gasteiger partial charge in [-0.15, -0.1) is 24.8 Å². The van der Waals surface area contributed by atoms with Gasteiger partial charge in [-0.05, 0) is 26.2 Å². The Labute approximate surface area is 133 Å². The summed E-state index contributed by atoms with van der Waals surface area (Å²) in [4.78, 5) is 15.7. The number of nitrogens with two attached hydrogens (primary N) is 1. The Morgan fingerprint density at radius 3 is 2.60 bits per heavy atom. The Morgan fingerprint density at radius 2 is 2.10 bits per heavy atom. The molecule has 0 saturated heterocycles. The van der Waals surface area contributed by atoms with E-state index in [1.807, 2.05) is 20.0 Å². The fourth-order valence-electron chi connectivity index (χ4n) is 1.73. The zero-order valence-corrected chi connectivity index (χ0v) is 14.0. The second-order valence-corrected chi connectivity index (χ2v) is 5.05. The zero-order chi connectivity index (χ0) is 13.5. The molecule has 118 valence electrons. The quantitative estimate of drug-likeness (QED) is 0.804. The Balaban J connectivity index is 0. The highest BCUT2D eigenvalue weighted by atomic mass is 35.5.